The second-order valence-electron chi connectivity index (χ2n) is 6.44. The number of ether oxygens (including phenoxy) is 3. The first-order chi connectivity index (χ1) is 9.88. The van der Waals surface area contributed by atoms with Crippen molar-refractivity contribution in [3.05, 3.63) is 24.3 Å². The summed E-state index contributed by atoms with van der Waals surface area (Å²) in [5.41, 5.74) is 1.18. The van der Waals surface area contributed by atoms with Crippen molar-refractivity contribution in [2.24, 2.45) is 0 Å². The maximum atomic E-state index is 11.8. The van der Waals surface area contributed by atoms with Crippen molar-refractivity contribution in [3.8, 4) is 0 Å². The second-order valence-corrected chi connectivity index (χ2v) is 6.44. The van der Waals surface area contributed by atoms with Crippen LogP contribution >= 0.6 is 0 Å². The van der Waals surface area contributed by atoms with Gasteiger partial charge in [0.2, 0.25) is 0 Å². The fourth-order valence-electron chi connectivity index (χ4n) is 2.94. The summed E-state index contributed by atoms with van der Waals surface area (Å²) < 4.78 is 17.3. The van der Waals surface area contributed by atoms with E-state index in [1.807, 2.05) is 19.9 Å². The summed E-state index contributed by atoms with van der Waals surface area (Å²) in [5.74, 6) is -0.221. The summed E-state index contributed by atoms with van der Waals surface area (Å²) in [6, 6.07) is 0. The minimum Gasteiger partial charge on any atom is -0.370 e. The monoisotopic (exact) mass is 294 g/mol. The Morgan fingerprint density at radius 2 is 2.14 bits per heavy atom. The molecular formula is C17H26O4. The van der Waals surface area contributed by atoms with Gasteiger partial charge in [0.15, 0.2) is 5.79 Å². The second kappa shape index (κ2) is 6.86. The van der Waals surface area contributed by atoms with E-state index in [0.717, 1.165) is 12.8 Å². The minimum atomic E-state index is -0.489. The van der Waals surface area contributed by atoms with Crippen molar-refractivity contribution in [2.75, 3.05) is 6.61 Å². The molecule has 0 radical (unpaired) electrons. The number of hydrogen-bond donors (Lipinski definition) is 0. The van der Waals surface area contributed by atoms with Crippen LogP contribution in [0.3, 0.4) is 0 Å². The zero-order chi connectivity index (χ0) is 15.5. The highest BCUT2D eigenvalue weighted by atomic mass is 16.7. The van der Waals surface area contributed by atoms with E-state index in [0.29, 0.717) is 19.4 Å². The third-order valence-corrected chi connectivity index (χ3v) is 3.77. The Kier molecular flexibility index (Phi) is 5.36. The molecular weight excluding hydrogens is 268 g/mol. The van der Waals surface area contributed by atoms with Crippen molar-refractivity contribution in [2.45, 2.75) is 70.6 Å². The van der Waals surface area contributed by atoms with E-state index in [9.17, 15) is 4.79 Å². The molecule has 2 fully saturated rings. The molecule has 0 unspecified atom stereocenters. The van der Waals surface area contributed by atoms with Gasteiger partial charge in [-0.25, -0.2) is 0 Å². The zero-order valence-corrected chi connectivity index (χ0v) is 13.3. The lowest BCUT2D eigenvalue weighted by atomic mass is 9.98. The van der Waals surface area contributed by atoms with Crippen LogP contribution in [0, 0.1) is 0 Å². The number of hydrogen-bond acceptors (Lipinski definition) is 4. The molecule has 0 N–H and O–H groups in total. The van der Waals surface area contributed by atoms with Crippen molar-refractivity contribution in [1.29, 1.82) is 0 Å². The zero-order valence-electron chi connectivity index (χ0n) is 13.3. The van der Waals surface area contributed by atoms with E-state index in [-0.39, 0.29) is 24.1 Å². The molecule has 0 aromatic heterocycles. The SMILES string of the molecule is C=CC[C@H]1CC(=O)C[C@@H](/C=C(\C)C[C@H]2COC(C)(C)O2)O1. The van der Waals surface area contributed by atoms with E-state index in [1.54, 1.807) is 0 Å². The molecule has 0 aromatic carbocycles. The molecule has 118 valence electrons. The van der Waals surface area contributed by atoms with Crippen LogP contribution in [-0.4, -0.2) is 36.5 Å². The van der Waals surface area contributed by atoms with Crippen molar-refractivity contribution >= 4 is 5.78 Å². The van der Waals surface area contributed by atoms with Gasteiger partial charge >= 0.3 is 0 Å². The van der Waals surface area contributed by atoms with Gasteiger partial charge in [-0.3, -0.25) is 4.79 Å². The molecule has 0 aliphatic carbocycles. The highest BCUT2D eigenvalue weighted by Crippen LogP contribution is 2.27. The molecule has 4 heteroatoms. The number of carbonyl (C=O) groups excluding carboxylic acids is 1. The van der Waals surface area contributed by atoms with Crippen LogP contribution in [0.25, 0.3) is 0 Å². The van der Waals surface area contributed by atoms with Gasteiger partial charge in [0.05, 0.1) is 24.9 Å². The fourth-order valence-corrected chi connectivity index (χ4v) is 2.94. The smallest absolute Gasteiger partial charge is 0.163 e. The molecule has 2 rings (SSSR count). The number of rotatable bonds is 5. The maximum absolute atomic E-state index is 11.8. The lowest BCUT2D eigenvalue weighted by Crippen LogP contribution is -2.32. The van der Waals surface area contributed by atoms with Gasteiger partial charge in [0.25, 0.3) is 0 Å². The summed E-state index contributed by atoms with van der Waals surface area (Å²) in [7, 11) is 0. The van der Waals surface area contributed by atoms with E-state index < -0.39 is 5.79 Å². The van der Waals surface area contributed by atoms with Gasteiger partial charge in [-0.1, -0.05) is 17.7 Å². The van der Waals surface area contributed by atoms with E-state index >= 15 is 0 Å². The molecule has 21 heavy (non-hydrogen) atoms. The van der Waals surface area contributed by atoms with E-state index in [1.165, 1.54) is 5.57 Å². The molecule has 0 saturated carbocycles. The van der Waals surface area contributed by atoms with Crippen molar-refractivity contribution in [3.63, 3.8) is 0 Å². The number of Topliss-reactive ketones (excluding diaryl/α,β-unsaturated/α-hetero) is 1. The fraction of sp³-hybridized carbons (Fsp3) is 0.706. The van der Waals surface area contributed by atoms with Crippen LogP contribution in [0.15, 0.2) is 24.3 Å². The van der Waals surface area contributed by atoms with Crippen LogP contribution in [0.4, 0.5) is 0 Å². The topological polar surface area (TPSA) is 44.8 Å². The quantitative estimate of drug-likeness (QED) is 0.731. The molecule has 2 aliphatic heterocycles. The molecule has 0 amide bonds. The standard InChI is InChI=1S/C17H26O4/c1-5-6-14-9-13(18)10-15(20-14)7-12(2)8-16-11-19-17(3,4)21-16/h5,7,14-16H,1,6,8-11H2,2-4H3/b12-7+/t14-,15+,16-/m0/s1. The van der Waals surface area contributed by atoms with Gasteiger partial charge in [0, 0.05) is 12.8 Å². The number of ketones is 1. The lowest BCUT2D eigenvalue weighted by molar-refractivity contribution is -0.138. The largest absolute Gasteiger partial charge is 0.370 e. The number of carbonyl (C=O) groups is 1. The van der Waals surface area contributed by atoms with Crippen LogP contribution in [0.5, 0.6) is 0 Å². The third kappa shape index (κ3) is 5.06. The van der Waals surface area contributed by atoms with E-state index in [4.69, 9.17) is 14.2 Å². The average Bonchev–Trinajstić information content (AvgIpc) is 2.67. The molecule has 3 atom stereocenters. The molecule has 4 nitrogen and oxygen atoms in total. The summed E-state index contributed by atoms with van der Waals surface area (Å²) in [6.45, 7) is 10.2. The van der Waals surface area contributed by atoms with Crippen LogP contribution < -0.4 is 0 Å². The minimum absolute atomic E-state index is 0.0252. The Morgan fingerprint density at radius 1 is 1.38 bits per heavy atom. The van der Waals surface area contributed by atoms with E-state index in [2.05, 4.69) is 19.6 Å². The summed E-state index contributed by atoms with van der Waals surface area (Å²) >= 11 is 0. The first-order valence-corrected chi connectivity index (χ1v) is 7.65. The average molecular weight is 294 g/mol. The lowest BCUT2D eigenvalue weighted by Gasteiger charge is -2.27. The molecule has 2 saturated heterocycles. The normalized spacial score (nSPS) is 33.2. The Bertz CT molecular complexity index is 425. The molecule has 2 aliphatic rings. The van der Waals surface area contributed by atoms with Gasteiger partial charge in [0.1, 0.15) is 5.78 Å². The summed E-state index contributed by atoms with van der Waals surface area (Å²) in [4.78, 5) is 11.8. The Labute approximate surface area is 127 Å². The highest BCUT2D eigenvalue weighted by molar-refractivity contribution is 5.80. The van der Waals surface area contributed by atoms with Crippen molar-refractivity contribution in [1.82, 2.24) is 0 Å². The van der Waals surface area contributed by atoms with Gasteiger partial charge in [-0.2, -0.15) is 0 Å². The summed E-state index contributed by atoms with van der Waals surface area (Å²) in [5, 5.41) is 0. The first kappa shape index (κ1) is 16.4. The van der Waals surface area contributed by atoms with Crippen LogP contribution in [-0.2, 0) is 19.0 Å². The highest BCUT2D eigenvalue weighted by Gasteiger charge is 2.33. The summed E-state index contributed by atoms with van der Waals surface area (Å²) in [6.07, 6.45) is 6.31. The molecule has 0 spiro atoms. The Morgan fingerprint density at radius 3 is 2.76 bits per heavy atom. The van der Waals surface area contributed by atoms with Crippen LogP contribution in [0.2, 0.25) is 0 Å². The van der Waals surface area contributed by atoms with Crippen molar-refractivity contribution < 1.29 is 19.0 Å². The molecule has 2 heterocycles. The Balaban J connectivity index is 1.89. The van der Waals surface area contributed by atoms with Crippen LogP contribution in [0.1, 0.15) is 46.5 Å². The maximum Gasteiger partial charge on any atom is 0.163 e. The molecule has 0 bridgehead atoms. The third-order valence-electron chi connectivity index (χ3n) is 3.77. The predicted molar refractivity (Wildman–Crippen MR) is 81.0 cm³/mol. The van der Waals surface area contributed by atoms with Gasteiger partial charge in [-0.15, -0.1) is 6.58 Å². The molecule has 0 aromatic rings. The Hall–Kier alpha value is -0.970. The predicted octanol–water partition coefficient (Wildman–Crippen LogP) is 3.17. The van der Waals surface area contributed by atoms with Gasteiger partial charge < -0.3 is 14.2 Å². The van der Waals surface area contributed by atoms with Gasteiger partial charge in [-0.05, 0) is 33.6 Å². The first-order valence-electron chi connectivity index (χ1n) is 7.65.